The van der Waals surface area contributed by atoms with Crippen molar-refractivity contribution in [3.05, 3.63) is 65.7 Å². The summed E-state index contributed by atoms with van der Waals surface area (Å²) in [7, 11) is 4.13. The maximum Gasteiger partial charge on any atom is 0.254 e. The topological polar surface area (TPSA) is 52.7 Å². The van der Waals surface area contributed by atoms with Gasteiger partial charge in [0.25, 0.3) is 5.91 Å². The number of nitrogens with zero attached hydrogens (tertiary/aromatic N) is 2. The van der Waals surface area contributed by atoms with E-state index in [0.717, 1.165) is 44.3 Å². The quantitative estimate of drug-likeness (QED) is 0.763. The van der Waals surface area contributed by atoms with Crippen molar-refractivity contribution in [2.75, 3.05) is 26.0 Å². The zero-order valence-corrected chi connectivity index (χ0v) is 18.6. The second kappa shape index (κ2) is 9.65. The number of rotatable bonds is 6. The van der Waals surface area contributed by atoms with Crippen molar-refractivity contribution in [3.8, 4) is 0 Å². The molecule has 1 saturated carbocycles. The Kier molecular flexibility index (Phi) is 6.71. The van der Waals surface area contributed by atoms with Crippen LogP contribution in [0.4, 0.5) is 5.69 Å². The van der Waals surface area contributed by atoms with Gasteiger partial charge in [0, 0.05) is 23.8 Å². The second-order valence-corrected chi connectivity index (χ2v) is 9.18. The molecule has 2 fully saturated rings. The molecule has 1 aliphatic heterocycles. The third kappa shape index (κ3) is 4.99. The number of fused-ring (bicyclic) bond motifs is 1. The summed E-state index contributed by atoms with van der Waals surface area (Å²) in [5, 5.41) is 3.08. The maximum absolute atomic E-state index is 13.4. The van der Waals surface area contributed by atoms with Gasteiger partial charge in [-0.3, -0.25) is 9.59 Å². The highest BCUT2D eigenvalue weighted by Gasteiger charge is 2.47. The molecule has 4 rings (SSSR count). The number of likely N-dealkylation sites (N-methyl/N-ethyl adjacent to an activating group) is 1. The molecule has 0 radical (unpaired) electrons. The molecule has 5 nitrogen and oxygen atoms in total. The Morgan fingerprint density at radius 1 is 1.00 bits per heavy atom. The lowest BCUT2D eigenvalue weighted by molar-refractivity contribution is -0.120. The van der Waals surface area contributed by atoms with Gasteiger partial charge < -0.3 is 15.1 Å². The van der Waals surface area contributed by atoms with Gasteiger partial charge in [0.1, 0.15) is 6.04 Å². The third-order valence-electron chi connectivity index (χ3n) is 6.72. The summed E-state index contributed by atoms with van der Waals surface area (Å²) < 4.78 is 0. The molecule has 31 heavy (non-hydrogen) atoms. The first-order valence-electron chi connectivity index (χ1n) is 11.4. The molecule has 1 aliphatic carbocycles. The number of hydrogen-bond donors (Lipinski definition) is 1. The fourth-order valence-electron chi connectivity index (χ4n) is 5.05. The summed E-state index contributed by atoms with van der Waals surface area (Å²) in [6, 6.07) is 17.2. The number of carbonyl (C=O) groups excluding carboxylic acids is 2. The predicted molar refractivity (Wildman–Crippen MR) is 124 cm³/mol. The minimum Gasteiger partial charge on any atom is -0.324 e. The average Bonchev–Trinajstić information content (AvgIpc) is 3.18. The molecule has 3 unspecified atom stereocenters. The summed E-state index contributed by atoms with van der Waals surface area (Å²) in [5.41, 5.74) is 2.71. The lowest BCUT2D eigenvalue weighted by atomic mass is 9.84. The number of hydrogen-bond acceptors (Lipinski definition) is 3. The van der Waals surface area contributed by atoms with E-state index in [0.29, 0.717) is 11.5 Å². The van der Waals surface area contributed by atoms with Crippen LogP contribution in [0.5, 0.6) is 0 Å². The highest BCUT2D eigenvalue weighted by atomic mass is 16.2. The van der Waals surface area contributed by atoms with Gasteiger partial charge >= 0.3 is 0 Å². The van der Waals surface area contributed by atoms with E-state index in [1.54, 1.807) is 0 Å². The van der Waals surface area contributed by atoms with Crippen LogP contribution in [0, 0.1) is 5.92 Å². The smallest absolute Gasteiger partial charge is 0.254 e. The minimum absolute atomic E-state index is 0.0193. The molecular formula is C26H33N3O2. The fourth-order valence-corrected chi connectivity index (χ4v) is 5.05. The second-order valence-electron chi connectivity index (χ2n) is 9.18. The molecule has 164 valence electrons. The lowest BCUT2D eigenvalue weighted by Gasteiger charge is -2.33. The molecule has 2 aliphatic rings. The standard InChI is InChI=1S/C26H33N3O2/c1-28(2)17-16-19-12-14-22(15-13-19)27-25(30)24-18-21-10-6-7-11-23(21)29(24)26(31)20-8-4-3-5-9-20/h3-5,8-9,12-15,21,23-24H,6-7,10-11,16-18H2,1-2H3,(H,27,30). The van der Waals surface area contributed by atoms with Crippen molar-refractivity contribution >= 4 is 17.5 Å². The van der Waals surface area contributed by atoms with Crippen molar-refractivity contribution in [1.29, 1.82) is 0 Å². The lowest BCUT2D eigenvalue weighted by Crippen LogP contribution is -2.47. The fraction of sp³-hybridized carbons (Fsp3) is 0.462. The SMILES string of the molecule is CN(C)CCc1ccc(NC(=O)C2CC3CCCCC3N2C(=O)c2ccccc2)cc1. The van der Waals surface area contributed by atoms with E-state index < -0.39 is 6.04 Å². The minimum atomic E-state index is -0.408. The van der Waals surface area contributed by atoms with E-state index in [4.69, 9.17) is 0 Å². The van der Waals surface area contributed by atoms with E-state index in [9.17, 15) is 9.59 Å². The van der Waals surface area contributed by atoms with E-state index >= 15 is 0 Å². The molecule has 2 aromatic rings. The van der Waals surface area contributed by atoms with Crippen LogP contribution in [0.25, 0.3) is 0 Å². The molecule has 3 atom stereocenters. The van der Waals surface area contributed by atoms with E-state index in [1.807, 2.05) is 47.4 Å². The van der Waals surface area contributed by atoms with Crippen LogP contribution < -0.4 is 5.32 Å². The molecule has 0 spiro atoms. The van der Waals surface area contributed by atoms with Gasteiger partial charge in [-0.1, -0.05) is 43.2 Å². The van der Waals surface area contributed by atoms with Crippen molar-refractivity contribution in [1.82, 2.24) is 9.80 Å². The number of nitrogens with one attached hydrogen (secondary N) is 1. The van der Waals surface area contributed by atoms with Gasteiger partial charge in [-0.05, 0) is 75.5 Å². The molecule has 1 N–H and O–H groups in total. The van der Waals surface area contributed by atoms with Gasteiger partial charge in [-0.2, -0.15) is 0 Å². The summed E-state index contributed by atoms with van der Waals surface area (Å²) in [5.74, 6) is 0.333. The van der Waals surface area contributed by atoms with E-state index in [2.05, 4.69) is 36.4 Å². The molecule has 2 amide bonds. The van der Waals surface area contributed by atoms with Crippen LogP contribution in [0.2, 0.25) is 0 Å². The Bertz CT molecular complexity index is 895. The molecular weight excluding hydrogens is 386 g/mol. The van der Waals surface area contributed by atoms with Crippen molar-refractivity contribution in [2.45, 2.75) is 50.6 Å². The van der Waals surface area contributed by atoms with Gasteiger partial charge in [-0.25, -0.2) is 0 Å². The van der Waals surface area contributed by atoms with Crippen LogP contribution in [0.15, 0.2) is 54.6 Å². The Morgan fingerprint density at radius 3 is 2.42 bits per heavy atom. The van der Waals surface area contributed by atoms with E-state index in [-0.39, 0.29) is 17.9 Å². The van der Waals surface area contributed by atoms with Crippen molar-refractivity contribution in [2.24, 2.45) is 5.92 Å². The predicted octanol–water partition coefficient (Wildman–Crippen LogP) is 4.20. The molecule has 1 saturated heterocycles. The van der Waals surface area contributed by atoms with Crippen LogP contribution in [-0.4, -0.2) is 54.3 Å². The number of benzene rings is 2. The Morgan fingerprint density at radius 2 is 1.71 bits per heavy atom. The highest BCUT2D eigenvalue weighted by Crippen LogP contribution is 2.40. The zero-order valence-electron chi connectivity index (χ0n) is 18.6. The number of anilines is 1. The molecule has 1 heterocycles. The van der Waals surface area contributed by atoms with Gasteiger partial charge in [0.2, 0.25) is 5.91 Å². The largest absolute Gasteiger partial charge is 0.324 e. The monoisotopic (exact) mass is 419 g/mol. The first-order valence-corrected chi connectivity index (χ1v) is 11.4. The third-order valence-corrected chi connectivity index (χ3v) is 6.72. The summed E-state index contributed by atoms with van der Waals surface area (Å²) in [6.45, 7) is 0.993. The van der Waals surface area contributed by atoms with Crippen molar-refractivity contribution in [3.63, 3.8) is 0 Å². The first kappa shape index (κ1) is 21.6. The van der Waals surface area contributed by atoms with Crippen LogP contribution in [-0.2, 0) is 11.2 Å². The number of likely N-dealkylation sites (tertiary alicyclic amines) is 1. The number of amides is 2. The molecule has 0 bridgehead atoms. The van der Waals surface area contributed by atoms with Crippen LogP contribution in [0.3, 0.4) is 0 Å². The maximum atomic E-state index is 13.4. The van der Waals surface area contributed by atoms with Gasteiger partial charge in [0.15, 0.2) is 0 Å². The van der Waals surface area contributed by atoms with E-state index in [1.165, 1.54) is 12.0 Å². The Labute approximate surface area is 185 Å². The summed E-state index contributed by atoms with van der Waals surface area (Å²) >= 11 is 0. The van der Waals surface area contributed by atoms with Gasteiger partial charge in [-0.15, -0.1) is 0 Å². The highest BCUT2D eigenvalue weighted by molar-refractivity contribution is 6.01. The zero-order chi connectivity index (χ0) is 21.8. The molecule has 2 aromatic carbocycles. The number of carbonyl (C=O) groups is 2. The van der Waals surface area contributed by atoms with Crippen LogP contribution >= 0.6 is 0 Å². The molecule has 0 aromatic heterocycles. The average molecular weight is 420 g/mol. The molecule has 5 heteroatoms. The summed E-state index contributed by atoms with van der Waals surface area (Å²) in [6.07, 6.45) is 6.16. The van der Waals surface area contributed by atoms with Crippen LogP contribution in [0.1, 0.15) is 48.0 Å². The summed E-state index contributed by atoms with van der Waals surface area (Å²) in [4.78, 5) is 30.7. The first-order chi connectivity index (χ1) is 15.0. The Hall–Kier alpha value is -2.66. The van der Waals surface area contributed by atoms with Crippen molar-refractivity contribution < 1.29 is 9.59 Å². The van der Waals surface area contributed by atoms with Gasteiger partial charge in [0.05, 0.1) is 0 Å². The Balaban J connectivity index is 1.49. The normalized spacial score (nSPS) is 22.9.